The number of rotatable bonds is 2. The lowest BCUT2D eigenvalue weighted by Gasteiger charge is -2.12. The molecule has 0 saturated carbocycles. The van der Waals surface area contributed by atoms with Crippen molar-refractivity contribution in [3.05, 3.63) is 59.7 Å². The molecule has 3 rings (SSSR count). The monoisotopic (exact) mass is 323 g/mol. The minimum Gasteiger partial charge on any atom is -0.325 e. The molecule has 1 unspecified atom stereocenters. The Morgan fingerprint density at radius 3 is 2.64 bits per heavy atom. The van der Waals surface area contributed by atoms with Crippen molar-refractivity contribution in [2.24, 2.45) is 0 Å². The molecule has 1 heterocycles. The van der Waals surface area contributed by atoms with Crippen LogP contribution in [0.4, 0.5) is 18.9 Å². The number of nitrogens with one attached hydrogen (secondary N) is 1. The Balaban J connectivity index is 1.71. The predicted molar refractivity (Wildman–Crippen MR) is 79.9 cm³/mol. The van der Waals surface area contributed by atoms with Crippen LogP contribution in [0.1, 0.15) is 11.1 Å². The molecule has 0 bridgehead atoms. The van der Waals surface area contributed by atoms with Crippen LogP contribution in [0.3, 0.4) is 0 Å². The van der Waals surface area contributed by atoms with E-state index in [1.165, 1.54) is 23.9 Å². The summed E-state index contributed by atoms with van der Waals surface area (Å²) in [7, 11) is 0. The van der Waals surface area contributed by atoms with Crippen LogP contribution in [0.2, 0.25) is 0 Å². The lowest BCUT2D eigenvalue weighted by atomic mass is 10.1. The molecule has 1 amide bonds. The number of thioether (sulfide) groups is 1. The Morgan fingerprint density at radius 2 is 1.91 bits per heavy atom. The number of anilines is 1. The molecule has 0 saturated heterocycles. The largest absolute Gasteiger partial charge is 0.416 e. The first-order valence-electron chi connectivity index (χ1n) is 6.66. The molecule has 2 aromatic rings. The second kappa shape index (κ2) is 5.68. The third-order valence-electron chi connectivity index (χ3n) is 3.40. The van der Waals surface area contributed by atoms with E-state index in [2.05, 4.69) is 5.32 Å². The van der Waals surface area contributed by atoms with Crippen LogP contribution in [-0.4, -0.2) is 11.2 Å². The first-order valence-corrected chi connectivity index (χ1v) is 7.54. The molecule has 1 aliphatic rings. The van der Waals surface area contributed by atoms with E-state index < -0.39 is 11.7 Å². The molecule has 0 spiro atoms. The molecule has 0 fully saturated rings. The Bertz CT molecular complexity index is 690. The quantitative estimate of drug-likeness (QED) is 0.889. The average Bonchev–Trinajstić information content (AvgIpc) is 2.90. The van der Waals surface area contributed by atoms with Gasteiger partial charge in [-0.05, 0) is 36.2 Å². The van der Waals surface area contributed by atoms with Crippen molar-refractivity contribution in [2.45, 2.75) is 22.7 Å². The fraction of sp³-hybridized carbons (Fsp3) is 0.188. The molecule has 114 valence electrons. The summed E-state index contributed by atoms with van der Waals surface area (Å²) in [6, 6.07) is 12.4. The molecule has 1 atom stereocenters. The predicted octanol–water partition coefficient (Wildman–Crippen LogP) is 4.36. The van der Waals surface area contributed by atoms with E-state index >= 15 is 0 Å². The summed E-state index contributed by atoms with van der Waals surface area (Å²) < 4.78 is 38.0. The number of benzene rings is 2. The van der Waals surface area contributed by atoms with Gasteiger partial charge < -0.3 is 5.32 Å². The highest BCUT2D eigenvalue weighted by Crippen LogP contribution is 2.37. The van der Waals surface area contributed by atoms with Crippen molar-refractivity contribution >= 4 is 23.4 Å². The standard InChI is InChI=1S/C16H12F3NOS/c17-16(18,19)11-5-3-6-12(9-11)20-15(21)14-8-10-4-1-2-7-13(10)22-14/h1-7,9,14H,8H2,(H,20,21). The molecule has 22 heavy (non-hydrogen) atoms. The third kappa shape index (κ3) is 3.11. The summed E-state index contributed by atoms with van der Waals surface area (Å²) in [5, 5.41) is 2.26. The maximum absolute atomic E-state index is 12.7. The Hall–Kier alpha value is -1.95. The van der Waals surface area contributed by atoms with Gasteiger partial charge in [0.25, 0.3) is 0 Å². The van der Waals surface area contributed by atoms with Gasteiger partial charge in [-0.3, -0.25) is 4.79 Å². The molecule has 0 aliphatic carbocycles. The number of carbonyl (C=O) groups is 1. The van der Waals surface area contributed by atoms with Crippen LogP contribution in [0.25, 0.3) is 0 Å². The van der Waals surface area contributed by atoms with Gasteiger partial charge in [-0.2, -0.15) is 13.2 Å². The number of hydrogen-bond acceptors (Lipinski definition) is 2. The summed E-state index contributed by atoms with van der Waals surface area (Å²) in [5.41, 5.74) is 0.487. The minimum absolute atomic E-state index is 0.163. The van der Waals surface area contributed by atoms with E-state index in [0.29, 0.717) is 6.42 Å². The molecule has 0 aromatic heterocycles. The van der Waals surface area contributed by atoms with Crippen LogP contribution >= 0.6 is 11.8 Å². The Labute approximate surface area is 129 Å². The second-order valence-electron chi connectivity index (χ2n) is 4.99. The van der Waals surface area contributed by atoms with E-state index in [1.54, 1.807) is 0 Å². The summed E-state index contributed by atoms with van der Waals surface area (Å²) >= 11 is 1.44. The van der Waals surface area contributed by atoms with Crippen molar-refractivity contribution in [3.8, 4) is 0 Å². The number of carbonyl (C=O) groups excluding carboxylic acids is 1. The first-order chi connectivity index (χ1) is 10.4. The minimum atomic E-state index is -4.42. The van der Waals surface area contributed by atoms with Gasteiger partial charge in [-0.1, -0.05) is 24.3 Å². The van der Waals surface area contributed by atoms with Crippen molar-refractivity contribution in [1.29, 1.82) is 0 Å². The van der Waals surface area contributed by atoms with Gasteiger partial charge in [0.1, 0.15) is 0 Å². The number of fused-ring (bicyclic) bond motifs is 1. The highest BCUT2D eigenvalue weighted by atomic mass is 32.2. The summed E-state index contributed by atoms with van der Waals surface area (Å²) in [4.78, 5) is 13.3. The molecule has 6 heteroatoms. The number of alkyl halides is 3. The normalized spacial score (nSPS) is 17.1. The lowest BCUT2D eigenvalue weighted by Crippen LogP contribution is -2.24. The molecular formula is C16H12F3NOS. The zero-order chi connectivity index (χ0) is 15.7. The van der Waals surface area contributed by atoms with Gasteiger partial charge in [-0.15, -0.1) is 11.8 Å². The second-order valence-corrected chi connectivity index (χ2v) is 6.23. The number of halogens is 3. The molecule has 1 N–H and O–H groups in total. The van der Waals surface area contributed by atoms with E-state index in [1.807, 2.05) is 24.3 Å². The maximum atomic E-state index is 12.7. The summed E-state index contributed by atoms with van der Waals surface area (Å²) in [5.74, 6) is -0.277. The summed E-state index contributed by atoms with van der Waals surface area (Å²) in [6.45, 7) is 0. The van der Waals surface area contributed by atoms with Gasteiger partial charge >= 0.3 is 6.18 Å². The zero-order valence-electron chi connectivity index (χ0n) is 11.4. The Morgan fingerprint density at radius 1 is 1.14 bits per heavy atom. The molecular weight excluding hydrogens is 311 g/mol. The molecule has 0 radical (unpaired) electrons. The molecule has 1 aliphatic heterocycles. The van der Waals surface area contributed by atoms with Crippen molar-refractivity contribution in [1.82, 2.24) is 0 Å². The van der Waals surface area contributed by atoms with Crippen LogP contribution in [0.15, 0.2) is 53.4 Å². The number of amides is 1. The highest BCUT2D eigenvalue weighted by Gasteiger charge is 2.31. The van der Waals surface area contributed by atoms with Crippen LogP contribution in [-0.2, 0) is 17.4 Å². The highest BCUT2D eigenvalue weighted by molar-refractivity contribution is 8.01. The molecule has 2 nitrogen and oxygen atoms in total. The molecule has 2 aromatic carbocycles. The van der Waals surface area contributed by atoms with Crippen molar-refractivity contribution < 1.29 is 18.0 Å². The van der Waals surface area contributed by atoms with Crippen molar-refractivity contribution in [3.63, 3.8) is 0 Å². The van der Waals surface area contributed by atoms with E-state index in [0.717, 1.165) is 22.6 Å². The number of hydrogen-bond donors (Lipinski definition) is 1. The van der Waals surface area contributed by atoms with E-state index in [4.69, 9.17) is 0 Å². The van der Waals surface area contributed by atoms with Gasteiger partial charge in [0, 0.05) is 10.6 Å². The van der Waals surface area contributed by atoms with Crippen molar-refractivity contribution in [2.75, 3.05) is 5.32 Å². The zero-order valence-corrected chi connectivity index (χ0v) is 12.2. The lowest BCUT2D eigenvalue weighted by molar-refractivity contribution is -0.137. The van der Waals surface area contributed by atoms with Crippen LogP contribution < -0.4 is 5.32 Å². The Kier molecular flexibility index (Phi) is 3.87. The maximum Gasteiger partial charge on any atom is 0.416 e. The fourth-order valence-electron chi connectivity index (χ4n) is 2.32. The van der Waals surface area contributed by atoms with Gasteiger partial charge in [0.15, 0.2) is 0 Å². The van der Waals surface area contributed by atoms with Gasteiger partial charge in [-0.25, -0.2) is 0 Å². The topological polar surface area (TPSA) is 29.1 Å². The van der Waals surface area contributed by atoms with Gasteiger partial charge in [0.05, 0.1) is 10.8 Å². The van der Waals surface area contributed by atoms with E-state index in [9.17, 15) is 18.0 Å². The van der Waals surface area contributed by atoms with Crippen LogP contribution in [0, 0.1) is 0 Å². The smallest absolute Gasteiger partial charge is 0.325 e. The SMILES string of the molecule is O=C(Nc1cccc(C(F)(F)F)c1)C1Cc2ccccc2S1. The first kappa shape index (κ1) is 15.0. The van der Waals surface area contributed by atoms with E-state index in [-0.39, 0.29) is 16.8 Å². The third-order valence-corrected chi connectivity index (χ3v) is 4.71. The van der Waals surface area contributed by atoms with Crippen LogP contribution in [0.5, 0.6) is 0 Å². The average molecular weight is 323 g/mol. The summed E-state index contributed by atoms with van der Waals surface area (Å²) in [6.07, 6.45) is -3.83. The van der Waals surface area contributed by atoms with Gasteiger partial charge in [0.2, 0.25) is 5.91 Å². The fourth-order valence-corrected chi connectivity index (χ4v) is 3.52.